The summed E-state index contributed by atoms with van der Waals surface area (Å²) in [7, 11) is 3.22. The largest absolute Gasteiger partial charge is 0.493 e. The minimum atomic E-state index is -0.361. The van der Waals surface area contributed by atoms with Gasteiger partial charge in [-0.05, 0) is 39.0 Å². The molecule has 1 aromatic carbocycles. The molecule has 2 heterocycles. The molecule has 11 nitrogen and oxygen atoms in total. The highest BCUT2D eigenvalue weighted by Crippen LogP contribution is 2.29. The second-order valence-electron chi connectivity index (χ2n) is 7.08. The molecule has 0 aliphatic carbocycles. The summed E-state index contributed by atoms with van der Waals surface area (Å²) in [4.78, 5) is 28.7. The summed E-state index contributed by atoms with van der Waals surface area (Å²) in [5, 5.41) is 14.1. The molecule has 11 heteroatoms. The van der Waals surface area contributed by atoms with Crippen LogP contribution in [-0.2, 0) is 11.8 Å². The van der Waals surface area contributed by atoms with Crippen LogP contribution in [0.25, 0.3) is 5.82 Å². The molecule has 0 unspecified atom stereocenters. The van der Waals surface area contributed by atoms with Crippen LogP contribution < -0.4 is 20.1 Å². The second kappa shape index (κ2) is 9.28. The van der Waals surface area contributed by atoms with Crippen molar-refractivity contribution in [3.05, 3.63) is 42.1 Å². The Labute approximate surface area is 179 Å². The summed E-state index contributed by atoms with van der Waals surface area (Å²) in [5.41, 5.74) is 1.50. The molecule has 164 valence electrons. The zero-order valence-electron chi connectivity index (χ0n) is 18.0. The van der Waals surface area contributed by atoms with Gasteiger partial charge >= 0.3 is 0 Å². The Bertz CT molecular complexity index is 1070. The standard InChI is InChI=1S/C20H25N7O4/c1-12(2)23-17(28)9-31-15-7-6-14(8-16(15)30-5)19(29)24-18-13(3)25-26(4)20(18)27-11-21-10-22-27/h6-8,10-12H,9H2,1-5H3,(H,23,28)(H,24,29). The molecule has 3 aromatic rings. The first kappa shape index (κ1) is 21.8. The quantitative estimate of drug-likeness (QED) is 0.558. The lowest BCUT2D eigenvalue weighted by Gasteiger charge is -2.13. The summed E-state index contributed by atoms with van der Waals surface area (Å²) in [6.45, 7) is 5.36. The van der Waals surface area contributed by atoms with Crippen molar-refractivity contribution >= 4 is 17.5 Å². The van der Waals surface area contributed by atoms with Crippen molar-refractivity contribution in [3.63, 3.8) is 0 Å². The van der Waals surface area contributed by atoms with E-state index in [9.17, 15) is 9.59 Å². The van der Waals surface area contributed by atoms with E-state index in [4.69, 9.17) is 9.47 Å². The van der Waals surface area contributed by atoms with Crippen molar-refractivity contribution in [2.45, 2.75) is 26.8 Å². The lowest BCUT2D eigenvalue weighted by atomic mass is 10.2. The molecule has 0 saturated heterocycles. The van der Waals surface area contributed by atoms with E-state index in [1.807, 2.05) is 13.8 Å². The van der Waals surface area contributed by atoms with Crippen molar-refractivity contribution in [3.8, 4) is 17.3 Å². The molecule has 0 aliphatic rings. The number of aromatic nitrogens is 5. The van der Waals surface area contributed by atoms with Crippen molar-refractivity contribution in [2.75, 3.05) is 19.0 Å². The first-order chi connectivity index (χ1) is 14.8. The van der Waals surface area contributed by atoms with Crippen molar-refractivity contribution in [1.82, 2.24) is 29.9 Å². The average molecular weight is 427 g/mol. The number of benzene rings is 1. The van der Waals surface area contributed by atoms with Gasteiger partial charge in [0.25, 0.3) is 11.8 Å². The van der Waals surface area contributed by atoms with Crippen LogP contribution in [0.15, 0.2) is 30.9 Å². The van der Waals surface area contributed by atoms with Gasteiger partial charge in [0.1, 0.15) is 18.3 Å². The summed E-state index contributed by atoms with van der Waals surface area (Å²) in [5.74, 6) is 0.668. The molecule has 0 atom stereocenters. The molecule has 0 saturated carbocycles. The number of amides is 2. The first-order valence-corrected chi connectivity index (χ1v) is 9.60. The Hall–Kier alpha value is -3.89. The molecule has 31 heavy (non-hydrogen) atoms. The van der Waals surface area contributed by atoms with Gasteiger partial charge in [-0.15, -0.1) is 0 Å². The van der Waals surface area contributed by atoms with E-state index in [0.717, 1.165) is 0 Å². The Morgan fingerprint density at radius 2 is 2.00 bits per heavy atom. The van der Waals surface area contributed by atoms with E-state index in [1.165, 1.54) is 24.4 Å². The number of ether oxygens (including phenoxy) is 2. The van der Waals surface area contributed by atoms with E-state index in [2.05, 4.69) is 25.8 Å². The molecular weight excluding hydrogens is 402 g/mol. The van der Waals surface area contributed by atoms with Crippen LogP contribution in [-0.4, -0.2) is 56.1 Å². The van der Waals surface area contributed by atoms with Gasteiger partial charge in [-0.3, -0.25) is 9.59 Å². The van der Waals surface area contributed by atoms with Crippen LogP contribution >= 0.6 is 0 Å². The number of nitrogens with zero attached hydrogens (tertiary/aromatic N) is 5. The molecule has 0 aliphatic heterocycles. The molecule has 2 amide bonds. The molecule has 3 rings (SSSR count). The monoisotopic (exact) mass is 427 g/mol. The summed E-state index contributed by atoms with van der Waals surface area (Å²) >= 11 is 0. The minimum absolute atomic E-state index is 0.0161. The number of carbonyl (C=O) groups is 2. The molecule has 0 fully saturated rings. The predicted molar refractivity (Wildman–Crippen MR) is 113 cm³/mol. The number of aryl methyl sites for hydroxylation is 2. The van der Waals surface area contributed by atoms with E-state index in [1.54, 1.807) is 36.9 Å². The fourth-order valence-electron chi connectivity index (χ4n) is 2.99. The van der Waals surface area contributed by atoms with E-state index in [-0.39, 0.29) is 24.5 Å². The van der Waals surface area contributed by atoms with Crippen LogP contribution in [0.4, 0.5) is 5.69 Å². The van der Waals surface area contributed by atoms with E-state index in [0.29, 0.717) is 34.3 Å². The van der Waals surface area contributed by atoms with E-state index >= 15 is 0 Å². The maximum absolute atomic E-state index is 12.9. The lowest BCUT2D eigenvalue weighted by molar-refractivity contribution is -0.123. The highest BCUT2D eigenvalue weighted by Gasteiger charge is 2.20. The Morgan fingerprint density at radius 1 is 1.23 bits per heavy atom. The Morgan fingerprint density at radius 3 is 2.65 bits per heavy atom. The smallest absolute Gasteiger partial charge is 0.258 e. The fraction of sp³-hybridized carbons (Fsp3) is 0.350. The summed E-state index contributed by atoms with van der Waals surface area (Å²) in [6.07, 6.45) is 2.93. The van der Waals surface area contributed by atoms with Gasteiger partial charge in [-0.25, -0.2) is 14.3 Å². The number of rotatable bonds is 8. The summed E-state index contributed by atoms with van der Waals surface area (Å²) < 4.78 is 14.0. The zero-order valence-corrected chi connectivity index (χ0v) is 18.0. The molecule has 0 bridgehead atoms. The number of hydrogen-bond acceptors (Lipinski definition) is 7. The van der Waals surface area contributed by atoms with Gasteiger partial charge in [0.15, 0.2) is 23.9 Å². The van der Waals surface area contributed by atoms with Crippen LogP contribution in [0.3, 0.4) is 0 Å². The van der Waals surface area contributed by atoms with Gasteiger partial charge in [0, 0.05) is 18.7 Å². The van der Waals surface area contributed by atoms with Crippen LogP contribution in [0.2, 0.25) is 0 Å². The van der Waals surface area contributed by atoms with Crippen molar-refractivity contribution in [2.24, 2.45) is 7.05 Å². The third kappa shape index (κ3) is 5.00. The molecule has 2 aromatic heterocycles. The molecule has 2 N–H and O–H groups in total. The van der Waals surface area contributed by atoms with E-state index < -0.39 is 0 Å². The molecular formula is C20H25N7O4. The maximum Gasteiger partial charge on any atom is 0.258 e. The Kier molecular flexibility index (Phi) is 6.53. The minimum Gasteiger partial charge on any atom is -0.493 e. The van der Waals surface area contributed by atoms with Crippen molar-refractivity contribution < 1.29 is 19.1 Å². The van der Waals surface area contributed by atoms with Gasteiger partial charge in [0.05, 0.1) is 12.8 Å². The SMILES string of the molecule is COc1cc(C(=O)Nc2c(C)nn(C)c2-n2cncn2)ccc1OCC(=O)NC(C)C. The van der Waals surface area contributed by atoms with Gasteiger partial charge in [-0.1, -0.05) is 0 Å². The predicted octanol–water partition coefficient (Wildman–Crippen LogP) is 1.47. The van der Waals surface area contributed by atoms with Gasteiger partial charge < -0.3 is 20.1 Å². The maximum atomic E-state index is 12.9. The number of methoxy groups -OCH3 is 1. The molecule has 0 spiro atoms. The fourth-order valence-corrected chi connectivity index (χ4v) is 2.99. The van der Waals surface area contributed by atoms with Crippen LogP contribution in [0.5, 0.6) is 11.5 Å². The second-order valence-corrected chi connectivity index (χ2v) is 7.08. The third-order valence-electron chi connectivity index (χ3n) is 4.30. The zero-order chi connectivity index (χ0) is 22.5. The lowest BCUT2D eigenvalue weighted by Crippen LogP contribution is -2.34. The first-order valence-electron chi connectivity index (χ1n) is 9.60. The normalized spacial score (nSPS) is 10.8. The Balaban J connectivity index is 1.78. The number of carbonyl (C=O) groups excluding carboxylic acids is 2. The number of hydrogen-bond donors (Lipinski definition) is 2. The highest BCUT2D eigenvalue weighted by molar-refractivity contribution is 6.05. The number of nitrogens with one attached hydrogen (secondary N) is 2. The summed E-state index contributed by atoms with van der Waals surface area (Å²) in [6, 6.07) is 4.74. The van der Waals surface area contributed by atoms with Gasteiger partial charge in [-0.2, -0.15) is 10.2 Å². The molecule has 0 radical (unpaired) electrons. The number of anilines is 1. The average Bonchev–Trinajstić information content (AvgIpc) is 3.33. The van der Waals surface area contributed by atoms with Crippen LogP contribution in [0, 0.1) is 6.92 Å². The highest BCUT2D eigenvalue weighted by atomic mass is 16.5. The van der Waals surface area contributed by atoms with Gasteiger partial charge in [0.2, 0.25) is 0 Å². The van der Waals surface area contributed by atoms with Crippen LogP contribution in [0.1, 0.15) is 29.9 Å². The topological polar surface area (TPSA) is 125 Å². The third-order valence-corrected chi connectivity index (χ3v) is 4.30. The van der Waals surface area contributed by atoms with Crippen molar-refractivity contribution in [1.29, 1.82) is 0 Å².